The summed E-state index contributed by atoms with van der Waals surface area (Å²) in [5.41, 5.74) is 0. The maximum atomic E-state index is 12.3. The van der Waals surface area contributed by atoms with Gasteiger partial charge in [0.05, 0.1) is 18.8 Å². The summed E-state index contributed by atoms with van der Waals surface area (Å²) in [4.78, 5) is 12.3. The van der Waals surface area contributed by atoms with Gasteiger partial charge in [-0.05, 0) is 19.3 Å². The second kappa shape index (κ2) is 29.1. The minimum absolute atomic E-state index is 0.360. The highest BCUT2D eigenvalue weighted by atomic mass is 16.3. The number of allylic oxidation sites excluding steroid dienone is 1. The fourth-order valence-electron chi connectivity index (χ4n) is 4.95. The Hall–Kier alpha value is -0.910. The SMILES string of the molecule is CCCCCCCCCCCCC/C=C/[C@@H](O)[C@H](CO)NC(=O)C(O)CCCCCCCCCCCCC. The molecule has 0 aromatic rings. The van der Waals surface area contributed by atoms with E-state index in [-0.39, 0.29) is 6.61 Å². The quantitative estimate of drug-likeness (QED) is 0.0570. The Kier molecular flexibility index (Phi) is 28.4. The van der Waals surface area contributed by atoms with Gasteiger partial charge in [-0.25, -0.2) is 0 Å². The molecule has 0 aliphatic carbocycles. The first kappa shape index (κ1) is 37.1. The molecule has 1 amide bonds. The average Bonchev–Trinajstić information content (AvgIpc) is 2.92. The zero-order valence-electron chi connectivity index (χ0n) is 25.3. The Morgan fingerprint density at radius 3 is 1.45 bits per heavy atom. The Labute approximate surface area is 236 Å². The van der Waals surface area contributed by atoms with E-state index in [9.17, 15) is 20.1 Å². The number of unbranched alkanes of at least 4 members (excludes halogenated alkanes) is 21. The highest BCUT2D eigenvalue weighted by Gasteiger charge is 2.22. The van der Waals surface area contributed by atoms with Crippen LogP contribution in [0, 0.1) is 0 Å². The number of nitrogens with one attached hydrogen (secondary N) is 1. The zero-order chi connectivity index (χ0) is 28.1. The molecule has 0 aromatic carbocycles. The summed E-state index contributed by atoms with van der Waals surface area (Å²) in [7, 11) is 0. The van der Waals surface area contributed by atoms with Crippen LogP contribution in [-0.4, -0.2) is 46.1 Å². The first-order chi connectivity index (χ1) is 18.6. The smallest absolute Gasteiger partial charge is 0.249 e. The summed E-state index contributed by atoms with van der Waals surface area (Å²) >= 11 is 0. The van der Waals surface area contributed by atoms with Gasteiger partial charge < -0.3 is 20.6 Å². The second-order valence-corrected chi connectivity index (χ2v) is 11.4. The predicted molar refractivity (Wildman–Crippen MR) is 162 cm³/mol. The molecule has 0 aliphatic rings. The minimum Gasteiger partial charge on any atom is -0.394 e. The van der Waals surface area contributed by atoms with Gasteiger partial charge in [-0.3, -0.25) is 4.79 Å². The third kappa shape index (κ3) is 24.2. The van der Waals surface area contributed by atoms with Gasteiger partial charge in [-0.15, -0.1) is 0 Å². The number of aliphatic hydroxyl groups excluding tert-OH is 3. The normalized spacial score (nSPS) is 14.1. The van der Waals surface area contributed by atoms with Gasteiger partial charge in [0.25, 0.3) is 0 Å². The topological polar surface area (TPSA) is 89.8 Å². The largest absolute Gasteiger partial charge is 0.394 e. The Balaban J connectivity index is 3.79. The predicted octanol–water partition coefficient (Wildman–Crippen LogP) is 8.14. The van der Waals surface area contributed by atoms with Crippen molar-refractivity contribution >= 4 is 5.91 Å². The van der Waals surface area contributed by atoms with Crippen LogP contribution in [0.15, 0.2) is 12.2 Å². The van der Waals surface area contributed by atoms with E-state index in [0.29, 0.717) is 6.42 Å². The van der Waals surface area contributed by atoms with Crippen molar-refractivity contribution in [1.29, 1.82) is 0 Å². The Bertz CT molecular complexity index is 525. The summed E-state index contributed by atoms with van der Waals surface area (Å²) in [5, 5.41) is 32.8. The lowest BCUT2D eigenvalue weighted by Crippen LogP contribution is -2.48. The highest BCUT2D eigenvalue weighted by molar-refractivity contribution is 5.80. The van der Waals surface area contributed by atoms with E-state index in [1.165, 1.54) is 116 Å². The van der Waals surface area contributed by atoms with E-state index in [0.717, 1.165) is 32.1 Å². The van der Waals surface area contributed by atoms with Crippen LogP contribution < -0.4 is 5.32 Å². The number of carbonyl (C=O) groups excluding carboxylic acids is 1. The van der Waals surface area contributed by atoms with Crippen LogP contribution in [0.5, 0.6) is 0 Å². The first-order valence-electron chi connectivity index (χ1n) is 16.5. The molecule has 0 fully saturated rings. The van der Waals surface area contributed by atoms with E-state index in [2.05, 4.69) is 19.2 Å². The van der Waals surface area contributed by atoms with Crippen LogP contribution in [0.25, 0.3) is 0 Å². The molecule has 4 N–H and O–H groups in total. The van der Waals surface area contributed by atoms with Crippen molar-refractivity contribution in [1.82, 2.24) is 5.32 Å². The third-order valence-corrected chi connectivity index (χ3v) is 7.63. The molecule has 1 unspecified atom stereocenters. The van der Waals surface area contributed by atoms with E-state index in [4.69, 9.17) is 0 Å². The maximum Gasteiger partial charge on any atom is 0.249 e. The average molecular weight is 540 g/mol. The van der Waals surface area contributed by atoms with Crippen molar-refractivity contribution in [3.8, 4) is 0 Å². The number of carbonyl (C=O) groups is 1. The van der Waals surface area contributed by atoms with Crippen LogP contribution in [0.4, 0.5) is 0 Å². The Morgan fingerprint density at radius 1 is 0.632 bits per heavy atom. The van der Waals surface area contributed by atoms with Crippen LogP contribution in [0.1, 0.15) is 168 Å². The molecule has 0 radical (unpaired) electrons. The zero-order valence-corrected chi connectivity index (χ0v) is 25.3. The van der Waals surface area contributed by atoms with Crippen molar-refractivity contribution in [2.24, 2.45) is 0 Å². The van der Waals surface area contributed by atoms with E-state index < -0.39 is 24.2 Å². The molecule has 3 atom stereocenters. The van der Waals surface area contributed by atoms with Crippen molar-refractivity contribution in [2.75, 3.05) is 6.61 Å². The van der Waals surface area contributed by atoms with Gasteiger partial charge in [0.2, 0.25) is 5.91 Å². The molecule has 0 heterocycles. The van der Waals surface area contributed by atoms with Gasteiger partial charge >= 0.3 is 0 Å². The molecule has 5 nitrogen and oxygen atoms in total. The number of hydrogen-bond donors (Lipinski definition) is 4. The van der Waals surface area contributed by atoms with E-state index >= 15 is 0 Å². The van der Waals surface area contributed by atoms with Crippen LogP contribution >= 0.6 is 0 Å². The van der Waals surface area contributed by atoms with Gasteiger partial charge in [-0.2, -0.15) is 0 Å². The molecule has 0 saturated heterocycles. The second-order valence-electron chi connectivity index (χ2n) is 11.4. The van der Waals surface area contributed by atoms with Crippen LogP contribution in [0.2, 0.25) is 0 Å². The van der Waals surface area contributed by atoms with Crippen molar-refractivity contribution in [3.05, 3.63) is 12.2 Å². The van der Waals surface area contributed by atoms with Crippen molar-refractivity contribution in [3.63, 3.8) is 0 Å². The fraction of sp³-hybridized carbons (Fsp3) is 0.909. The van der Waals surface area contributed by atoms with E-state index in [1.807, 2.05) is 6.08 Å². The van der Waals surface area contributed by atoms with Crippen molar-refractivity contribution in [2.45, 2.75) is 186 Å². The van der Waals surface area contributed by atoms with E-state index in [1.54, 1.807) is 6.08 Å². The molecule has 38 heavy (non-hydrogen) atoms. The van der Waals surface area contributed by atoms with Gasteiger partial charge in [0.1, 0.15) is 6.10 Å². The molecule has 0 bridgehead atoms. The van der Waals surface area contributed by atoms with Crippen LogP contribution in [-0.2, 0) is 4.79 Å². The standard InChI is InChI=1S/C33H65NO4/c1-3-5-7-9-11-13-15-16-18-19-21-23-25-27-31(36)30(29-35)34-33(38)32(37)28-26-24-22-20-17-14-12-10-8-6-4-2/h25,27,30-32,35-37H,3-24,26,28-29H2,1-2H3,(H,34,38)/b27-25+/t30-,31+,32?/m0/s1. The lowest BCUT2D eigenvalue weighted by atomic mass is 10.0. The number of amides is 1. The molecule has 0 spiro atoms. The van der Waals surface area contributed by atoms with Crippen molar-refractivity contribution < 1.29 is 20.1 Å². The summed E-state index contributed by atoms with van der Waals surface area (Å²) in [6.07, 6.45) is 30.7. The fourth-order valence-corrected chi connectivity index (χ4v) is 4.95. The minimum atomic E-state index is -1.09. The molecular formula is C33H65NO4. The monoisotopic (exact) mass is 539 g/mol. The third-order valence-electron chi connectivity index (χ3n) is 7.63. The van der Waals surface area contributed by atoms with Gasteiger partial charge in [-0.1, -0.05) is 161 Å². The van der Waals surface area contributed by atoms with Gasteiger partial charge in [0, 0.05) is 0 Å². The summed E-state index contributed by atoms with van der Waals surface area (Å²) in [6, 6.07) is -0.789. The number of hydrogen-bond acceptors (Lipinski definition) is 4. The lowest BCUT2D eigenvalue weighted by molar-refractivity contribution is -0.131. The molecule has 0 aliphatic heterocycles. The number of aliphatic hydroxyl groups is 3. The molecular weight excluding hydrogens is 474 g/mol. The molecule has 0 rings (SSSR count). The number of rotatable bonds is 29. The Morgan fingerprint density at radius 2 is 1.03 bits per heavy atom. The molecule has 0 saturated carbocycles. The van der Waals surface area contributed by atoms with Gasteiger partial charge in [0.15, 0.2) is 0 Å². The molecule has 226 valence electrons. The maximum absolute atomic E-state index is 12.3. The molecule has 0 aromatic heterocycles. The summed E-state index contributed by atoms with van der Waals surface area (Å²) in [6.45, 7) is 4.14. The lowest BCUT2D eigenvalue weighted by Gasteiger charge is -2.21. The summed E-state index contributed by atoms with van der Waals surface area (Å²) in [5.74, 6) is -0.506. The first-order valence-corrected chi connectivity index (χ1v) is 16.5. The molecule has 5 heteroatoms. The summed E-state index contributed by atoms with van der Waals surface area (Å²) < 4.78 is 0. The highest BCUT2D eigenvalue weighted by Crippen LogP contribution is 2.14. The van der Waals surface area contributed by atoms with Crippen LogP contribution in [0.3, 0.4) is 0 Å².